The molecule has 2 N–H and O–H groups in total. The third-order valence-electron chi connectivity index (χ3n) is 3.13. The molecule has 2 atom stereocenters. The van der Waals surface area contributed by atoms with Crippen LogP contribution in [0, 0.1) is 0 Å². The highest BCUT2D eigenvalue weighted by atomic mass is 19.3. The fraction of sp³-hybridized carbons (Fsp3) is 0.538. The molecule has 116 valence electrons. The zero-order chi connectivity index (χ0) is 15.2. The molecule has 1 aliphatic heterocycles. The first-order valence-corrected chi connectivity index (χ1v) is 6.68. The van der Waals surface area contributed by atoms with Crippen molar-refractivity contribution in [2.75, 3.05) is 11.9 Å². The Bertz CT molecular complexity index is 470. The number of pyridine rings is 1. The van der Waals surface area contributed by atoms with Crippen molar-refractivity contribution in [3.63, 3.8) is 0 Å². The maximum absolute atomic E-state index is 12.0. The SMILES string of the molecule is CC[C@H]1OCC[C@@H]1NC(=O)Nc1ccc(OC(F)F)nc1. The summed E-state index contributed by atoms with van der Waals surface area (Å²) < 4.78 is 33.5. The molecular weight excluding hydrogens is 284 g/mol. The number of nitrogens with zero attached hydrogens (tertiary/aromatic N) is 1. The van der Waals surface area contributed by atoms with E-state index in [-0.39, 0.29) is 24.1 Å². The van der Waals surface area contributed by atoms with Crippen LogP contribution in [0.4, 0.5) is 19.3 Å². The van der Waals surface area contributed by atoms with Crippen LogP contribution in [-0.4, -0.2) is 36.4 Å². The molecule has 2 rings (SSSR count). The normalized spacial score (nSPS) is 21.3. The summed E-state index contributed by atoms with van der Waals surface area (Å²) in [6.07, 6.45) is 2.87. The monoisotopic (exact) mass is 301 g/mol. The first-order chi connectivity index (χ1) is 10.1. The van der Waals surface area contributed by atoms with Crippen LogP contribution >= 0.6 is 0 Å². The van der Waals surface area contributed by atoms with Gasteiger partial charge in [-0.15, -0.1) is 0 Å². The number of alkyl halides is 2. The Morgan fingerprint density at radius 3 is 3.00 bits per heavy atom. The Labute approximate surface area is 120 Å². The molecule has 1 fully saturated rings. The second kappa shape index (κ2) is 7.16. The Morgan fingerprint density at radius 2 is 2.38 bits per heavy atom. The minimum Gasteiger partial charge on any atom is -0.417 e. The quantitative estimate of drug-likeness (QED) is 0.876. The van der Waals surface area contributed by atoms with Crippen LogP contribution in [0.1, 0.15) is 19.8 Å². The molecule has 1 saturated heterocycles. The number of carbonyl (C=O) groups excluding carboxylic acids is 1. The van der Waals surface area contributed by atoms with E-state index in [4.69, 9.17) is 4.74 Å². The molecular formula is C13H17F2N3O3. The van der Waals surface area contributed by atoms with Crippen molar-refractivity contribution < 1.29 is 23.0 Å². The highest BCUT2D eigenvalue weighted by Crippen LogP contribution is 2.17. The second-order valence-corrected chi connectivity index (χ2v) is 4.57. The Kier molecular flexibility index (Phi) is 5.26. The summed E-state index contributed by atoms with van der Waals surface area (Å²) in [6.45, 7) is -0.299. The lowest BCUT2D eigenvalue weighted by Gasteiger charge is -2.18. The molecule has 0 saturated carbocycles. The van der Waals surface area contributed by atoms with Gasteiger partial charge in [-0.05, 0) is 18.9 Å². The number of hydrogen-bond donors (Lipinski definition) is 2. The topological polar surface area (TPSA) is 72.5 Å². The summed E-state index contributed by atoms with van der Waals surface area (Å²) in [5.74, 6) is -0.203. The molecule has 0 aromatic carbocycles. The van der Waals surface area contributed by atoms with Gasteiger partial charge in [0.15, 0.2) is 0 Å². The molecule has 0 radical (unpaired) electrons. The van der Waals surface area contributed by atoms with Crippen LogP contribution in [0.3, 0.4) is 0 Å². The predicted octanol–water partition coefficient (Wildman–Crippen LogP) is 2.37. The first-order valence-electron chi connectivity index (χ1n) is 6.68. The van der Waals surface area contributed by atoms with Crippen molar-refractivity contribution in [3.05, 3.63) is 18.3 Å². The average molecular weight is 301 g/mol. The largest absolute Gasteiger partial charge is 0.417 e. The minimum absolute atomic E-state index is 0.0237. The molecule has 1 aromatic heterocycles. The number of nitrogens with one attached hydrogen (secondary N) is 2. The summed E-state index contributed by atoms with van der Waals surface area (Å²) >= 11 is 0. The summed E-state index contributed by atoms with van der Waals surface area (Å²) in [6, 6.07) is 2.29. The van der Waals surface area contributed by atoms with Crippen molar-refractivity contribution in [3.8, 4) is 5.88 Å². The lowest BCUT2D eigenvalue weighted by Crippen LogP contribution is -2.42. The fourth-order valence-corrected chi connectivity index (χ4v) is 2.17. The summed E-state index contributed by atoms with van der Waals surface area (Å²) in [5.41, 5.74) is 0.390. The fourth-order valence-electron chi connectivity index (χ4n) is 2.17. The van der Waals surface area contributed by atoms with Crippen molar-refractivity contribution in [2.24, 2.45) is 0 Å². The molecule has 0 spiro atoms. The molecule has 0 unspecified atom stereocenters. The van der Waals surface area contributed by atoms with Gasteiger partial charge >= 0.3 is 12.6 Å². The van der Waals surface area contributed by atoms with Gasteiger partial charge in [-0.1, -0.05) is 6.92 Å². The van der Waals surface area contributed by atoms with E-state index in [1.807, 2.05) is 6.92 Å². The van der Waals surface area contributed by atoms with Gasteiger partial charge in [0.05, 0.1) is 24.0 Å². The molecule has 1 aliphatic rings. The molecule has 6 nitrogen and oxygen atoms in total. The summed E-state index contributed by atoms with van der Waals surface area (Å²) in [4.78, 5) is 15.5. The van der Waals surface area contributed by atoms with Gasteiger partial charge < -0.3 is 20.1 Å². The number of anilines is 1. The maximum Gasteiger partial charge on any atom is 0.388 e. The van der Waals surface area contributed by atoms with Crippen LogP contribution < -0.4 is 15.4 Å². The smallest absolute Gasteiger partial charge is 0.388 e. The van der Waals surface area contributed by atoms with Crippen molar-refractivity contribution in [1.29, 1.82) is 0 Å². The lowest BCUT2D eigenvalue weighted by atomic mass is 10.1. The van der Waals surface area contributed by atoms with E-state index in [9.17, 15) is 13.6 Å². The van der Waals surface area contributed by atoms with Gasteiger partial charge in [-0.25, -0.2) is 9.78 Å². The molecule has 8 heteroatoms. The summed E-state index contributed by atoms with van der Waals surface area (Å²) in [5, 5.41) is 5.40. The highest BCUT2D eigenvalue weighted by molar-refractivity contribution is 5.89. The maximum atomic E-state index is 12.0. The lowest BCUT2D eigenvalue weighted by molar-refractivity contribution is -0.0528. The third-order valence-corrected chi connectivity index (χ3v) is 3.13. The zero-order valence-corrected chi connectivity index (χ0v) is 11.5. The molecule has 1 aromatic rings. The number of amides is 2. The number of halogens is 2. The average Bonchev–Trinajstić information content (AvgIpc) is 2.87. The van der Waals surface area contributed by atoms with Crippen molar-refractivity contribution in [2.45, 2.75) is 38.5 Å². The molecule has 2 amide bonds. The van der Waals surface area contributed by atoms with Gasteiger partial charge in [0.2, 0.25) is 5.88 Å². The van der Waals surface area contributed by atoms with Crippen LogP contribution in [0.25, 0.3) is 0 Å². The Balaban J connectivity index is 1.85. The third kappa shape index (κ3) is 4.52. The standard InChI is InChI=1S/C13H17F2N3O3/c1-2-10-9(5-6-20-10)18-13(19)17-8-3-4-11(16-7-8)21-12(14)15/h3-4,7,9-10,12H,2,5-6H2,1H3,(H2,17,18,19)/t9-,10+/m0/s1. The van der Waals surface area contributed by atoms with Crippen molar-refractivity contribution >= 4 is 11.7 Å². The number of ether oxygens (including phenoxy) is 2. The number of rotatable bonds is 5. The van der Waals surface area contributed by atoms with Crippen LogP contribution in [0.15, 0.2) is 18.3 Å². The molecule has 0 aliphatic carbocycles. The molecule has 21 heavy (non-hydrogen) atoms. The van der Waals surface area contributed by atoms with Gasteiger partial charge in [-0.2, -0.15) is 8.78 Å². The van der Waals surface area contributed by atoms with Crippen molar-refractivity contribution in [1.82, 2.24) is 10.3 Å². The Morgan fingerprint density at radius 1 is 1.57 bits per heavy atom. The van der Waals surface area contributed by atoms with E-state index in [1.165, 1.54) is 18.3 Å². The number of hydrogen-bond acceptors (Lipinski definition) is 4. The van der Waals surface area contributed by atoms with Gasteiger partial charge in [0.1, 0.15) is 0 Å². The van der Waals surface area contributed by atoms with Crippen LogP contribution in [0.5, 0.6) is 5.88 Å². The van der Waals surface area contributed by atoms with Gasteiger partial charge in [-0.3, -0.25) is 0 Å². The number of carbonyl (C=O) groups is 1. The second-order valence-electron chi connectivity index (χ2n) is 4.57. The van der Waals surface area contributed by atoms with Crippen LogP contribution in [0.2, 0.25) is 0 Å². The molecule has 2 heterocycles. The van der Waals surface area contributed by atoms with Gasteiger partial charge in [0.25, 0.3) is 0 Å². The molecule has 0 bridgehead atoms. The van der Waals surface area contributed by atoms with E-state index in [0.29, 0.717) is 12.3 Å². The minimum atomic E-state index is -2.92. The summed E-state index contributed by atoms with van der Waals surface area (Å²) in [7, 11) is 0. The van der Waals surface area contributed by atoms with E-state index >= 15 is 0 Å². The predicted molar refractivity (Wildman–Crippen MR) is 71.5 cm³/mol. The zero-order valence-electron chi connectivity index (χ0n) is 11.5. The van der Waals surface area contributed by atoms with E-state index in [2.05, 4.69) is 20.4 Å². The first kappa shape index (κ1) is 15.4. The van der Waals surface area contributed by atoms with E-state index in [1.54, 1.807) is 0 Å². The van der Waals surface area contributed by atoms with Crippen LogP contribution in [-0.2, 0) is 4.74 Å². The number of urea groups is 1. The Hall–Kier alpha value is -1.96. The van der Waals surface area contributed by atoms with E-state index in [0.717, 1.165) is 12.8 Å². The van der Waals surface area contributed by atoms with Gasteiger partial charge in [0, 0.05) is 12.7 Å². The van der Waals surface area contributed by atoms with E-state index < -0.39 is 6.61 Å². The number of aromatic nitrogens is 1. The highest BCUT2D eigenvalue weighted by Gasteiger charge is 2.27.